The molecule has 0 atom stereocenters. The third-order valence-electron chi connectivity index (χ3n) is 3.22. The SMILES string of the molecule is C=CC[Si](CC)(OCCCCC)OCCCCC. The maximum absolute atomic E-state index is 6.15. The van der Waals surface area contributed by atoms with Crippen LogP contribution in [-0.2, 0) is 8.85 Å². The van der Waals surface area contributed by atoms with Crippen molar-refractivity contribution in [3.63, 3.8) is 0 Å². The van der Waals surface area contributed by atoms with Gasteiger partial charge in [0.05, 0.1) is 0 Å². The number of hydrogen-bond donors (Lipinski definition) is 0. The van der Waals surface area contributed by atoms with E-state index in [1.165, 1.54) is 25.7 Å². The van der Waals surface area contributed by atoms with Crippen LogP contribution in [0.4, 0.5) is 0 Å². The van der Waals surface area contributed by atoms with Gasteiger partial charge in [0.2, 0.25) is 0 Å². The maximum atomic E-state index is 6.15. The summed E-state index contributed by atoms with van der Waals surface area (Å²) in [5, 5.41) is 0. The van der Waals surface area contributed by atoms with E-state index in [9.17, 15) is 0 Å². The molecule has 0 rings (SSSR count). The molecule has 2 nitrogen and oxygen atoms in total. The van der Waals surface area contributed by atoms with Gasteiger partial charge in [0, 0.05) is 19.3 Å². The Kier molecular flexibility index (Phi) is 11.9. The van der Waals surface area contributed by atoms with E-state index in [0.29, 0.717) is 0 Å². The van der Waals surface area contributed by atoms with Gasteiger partial charge in [-0.05, 0) is 18.9 Å². The first-order chi connectivity index (χ1) is 8.74. The van der Waals surface area contributed by atoms with Gasteiger partial charge in [0.25, 0.3) is 0 Å². The predicted molar refractivity (Wildman–Crippen MR) is 82.2 cm³/mol. The van der Waals surface area contributed by atoms with Crippen molar-refractivity contribution in [3.8, 4) is 0 Å². The smallest absolute Gasteiger partial charge is 0.341 e. The van der Waals surface area contributed by atoms with E-state index in [1.807, 2.05) is 6.08 Å². The van der Waals surface area contributed by atoms with E-state index < -0.39 is 8.56 Å². The number of unbranched alkanes of at least 4 members (excludes halogenated alkanes) is 4. The summed E-state index contributed by atoms with van der Waals surface area (Å²) < 4.78 is 12.3. The highest BCUT2D eigenvalue weighted by Gasteiger charge is 2.33. The van der Waals surface area contributed by atoms with E-state index in [4.69, 9.17) is 8.85 Å². The molecule has 3 heteroatoms. The summed E-state index contributed by atoms with van der Waals surface area (Å²) in [6.45, 7) is 12.2. The summed E-state index contributed by atoms with van der Waals surface area (Å²) in [5.74, 6) is 0. The van der Waals surface area contributed by atoms with Crippen molar-refractivity contribution in [1.29, 1.82) is 0 Å². The number of rotatable bonds is 13. The van der Waals surface area contributed by atoms with Gasteiger partial charge in [-0.25, -0.2) is 0 Å². The fraction of sp³-hybridized carbons (Fsp3) is 0.867. The Morgan fingerprint density at radius 3 is 1.72 bits per heavy atom. The van der Waals surface area contributed by atoms with Crippen molar-refractivity contribution in [2.75, 3.05) is 13.2 Å². The monoisotopic (exact) mass is 272 g/mol. The summed E-state index contributed by atoms with van der Waals surface area (Å²) in [5.41, 5.74) is 0. The van der Waals surface area contributed by atoms with E-state index >= 15 is 0 Å². The van der Waals surface area contributed by atoms with Crippen LogP contribution in [0.15, 0.2) is 12.7 Å². The summed E-state index contributed by atoms with van der Waals surface area (Å²) in [6, 6.07) is 1.94. The zero-order valence-corrected chi connectivity index (χ0v) is 13.7. The highest BCUT2D eigenvalue weighted by molar-refractivity contribution is 6.67. The van der Waals surface area contributed by atoms with E-state index in [1.54, 1.807) is 0 Å². The van der Waals surface area contributed by atoms with Crippen LogP contribution in [0, 0.1) is 0 Å². The third kappa shape index (κ3) is 8.06. The lowest BCUT2D eigenvalue weighted by atomic mass is 10.3. The van der Waals surface area contributed by atoms with Gasteiger partial charge in [-0.2, -0.15) is 0 Å². The first-order valence-electron chi connectivity index (χ1n) is 7.63. The minimum Gasteiger partial charge on any atom is -0.394 e. The molecule has 0 N–H and O–H groups in total. The molecule has 0 bridgehead atoms. The van der Waals surface area contributed by atoms with Gasteiger partial charge in [-0.3, -0.25) is 0 Å². The predicted octanol–water partition coefficient (Wildman–Crippen LogP) is 5.05. The van der Waals surface area contributed by atoms with Crippen LogP contribution in [-0.4, -0.2) is 21.8 Å². The Labute approximate surface area is 115 Å². The lowest BCUT2D eigenvalue weighted by molar-refractivity contribution is 0.165. The summed E-state index contributed by atoms with van der Waals surface area (Å²) in [4.78, 5) is 0. The number of hydrogen-bond acceptors (Lipinski definition) is 2. The molecular weight excluding hydrogens is 240 g/mol. The molecule has 0 aromatic rings. The van der Waals surface area contributed by atoms with Gasteiger partial charge in [-0.1, -0.05) is 52.5 Å². The minimum atomic E-state index is -1.99. The fourth-order valence-corrected chi connectivity index (χ4v) is 4.44. The van der Waals surface area contributed by atoms with Crippen molar-refractivity contribution >= 4 is 8.56 Å². The molecule has 0 saturated carbocycles. The van der Waals surface area contributed by atoms with Crippen LogP contribution >= 0.6 is 0 Å². The summed E-state index contributed by atoms with van der Waals surface area (Å²) in [7, 11) is -1.99. The molecular formula is C15H32O2Si. The number of allylic oxidation sites excluding steroid dienone is 1. The molecule has 0 radical (unpaired) electrons. The Balaban J connectivity index is 4.09. The topological polar surface area (TPSA) is 18.5 Å². The largest absolute Gasteiger partial charge is 0.394 e. The van der Waals surface area contributed by atoms with E-state index in [2.05, 4.69) is 27.4 Å². The van der Waals surface area contributed by atoms with Crippen molar-refractivity contribution in [3.05, 3.63) is 12.7 Å². The van der Waals surface area contributed by atoms with Crippen LogP contribution in [0.2, 0.25) is 12.1 Å². The van der Waals surface area contributed by atoms with Crippen molar-refractivity contribution in [2.24, 2.45) is 0 Å². The van der Waals surface area contributed by atoms with Crippen LogP contribution in [0.3, 0.4) is 0 Å². The highest BCUT2D eigenvalue weighted by Crippen LogP contribution is 2.20. The normalized spacial score (nSPS) is 11.7. The Morgan fingerprint density at radius 2 is 1.39 bits per heavy atom. The average molecular weight is 273 g/mol. The molecule has 0 heterocycles. The second kappa shape index (κ2) is 11.9. The van der Waals surface area contributed by atoms with Crippen molar-refractivity contribution in [2.45, 2.75) is 71.4 Å². The van der Waals surface area contributed by atoms with Gasteiger partial charge < -0.3 is 8.85 Å². The third-order valence-corrected chi connectivity index (χ3v) is 6.67. The molecule has 0 aliphatic rings. The fourth-order valence-electron chi connectivity index (χ4n) is 1.95. The summed E-state index contributed by atoms with van der Waals surface area (Å²) in [6.07, 6.45) is 9.25. The molecule has 0 unspecified atom stereocenters. The van der Waals surface area contributed by atoms with E-state index in [0.717, 1.165) is 38.1 Å². The van der Waals surface area contributed by atoms with Crippen molar-refractivity contribution < 1.29 is 8.85 Å². The molecule has 0 saturated heterocycles. The molecule has 0 amide bonds. The van der Waals surface area contributed by atoms with Crippen molar-refractivity contribution in [1.82, 2.24) is 0 Å². The first-order valence-corrected chi connectivity index (χ1v) is 9.86. The maximum Gasteiger partial charge on any atom is 0.341 e. The summed E-state index contributed by atoms with van der Waals surface area (Å²) >= 11 is 0. The van der Waals surface area contributed by atoms with E-state index in [-0.39, 0.29) is 0 Å². The minimum absolute atomic E-state index is 0.857. The van der Waals surface area contributed by atoms with Crippen LogP contribution in [0.25, 0.3) is 0 Å². The van der Waals surface area contributed by atoms with Gasteiger partial charge >= 0.3 is 8.56 Å². The van der Waals surface area contributed by atoms with Crippen LogP contribution in [0.5, 0.6) is 0 Å². The van der Waals surface area contributed by atoms with Gasteiger partial charge in [-0.15, -0.1) is 6.58 Å². The molecule has 0 aliphatic heterocycles. The molecule has 108 valence electrons. The zero-order valence-electron chi connectivity index (χ0n) is 12.7. The second-order valence-electron chi connectivity index (χ2n) is 4.87. The lowest BCUT2D eigenvalue weighted by Crippen LogP contribution is -2.41. The Morgan fingerprint density at radius 1 is 0.889 bits per heavy atom. The lowest BCUT2D eigenvalue weighted by Gasteiger charge is -2.29. The zero-order chi connectivity index (χ0) is 13.7. The quantitative estimate of drug-likeness (QED) is 0.265. The molecule has 0 aromatic carbocycles. The molecule has 0 fully saturated rings. The van der Waals surface area contributed by atoms with Gasteiger partial charge in [0.15, 0.2) is 0 Å². The molecule has 18 heavy (non-hydrogen) atoms. The standard InChI is InChI=1S/C15H32O2Si/c1-5-9-11-13-16-18(8-4,15-7-3)17-14-12-10-6-2/h7H,3,5-6,8-15H2,1-2,4H3. The average Bonchev–Trinajstić information content (AvgIpc) is 2.39. The first kappa shape index (κ1) is 17.9. The second-order valence-corrected chi connectivity index (χ2v) is 8.38. The Hall–Kier alpha value is -0.123. The molecule has 0 aliphatic carbocycles. The molecule has 0 spiro atoms. The molecule has 0 aromatic heterocycles. The van der Waals surface area contributed by atoms with Crippen LogP contribution < -0.4 is 0 Å². The van der Waals surface area contributed by atoms with Crippen LogP contribution in [0.1, 0.15) is 59.3 Å². The van der Waals surface area contributed by atoms with Gasteiger partial charge in [0.1, 0.15) is 0 Å². The Bertz CT molecular complexity index is 183. The highest BCUT2D eigenvalue weighted by atomic mass is 28.4.